The van der Waals surface area contributed by atoms with E-state index in [1.54, 1.807) is 0 Å². The average Bonchev–Trinajstić information content (AvgIpc) is 2.15. The van der Waals surface area contributed by atoms with Crippen molar-refractivity contribution in [2.24, 2.45) is 0 Å². The van der Waals surface area contributed by atoms with Crippen molar-refractivity contribution >= 4 is 10.1 Å². The predicted octanol–water partition coefficient (Wildman–Crippen LogP) is 1.98. The van der Waals surface area contributed by atoms with E-state index in [9.17, 15) is 13.5 Å². The zero-order valence-electron chi connectivity index (χ0n) is 9.52. The van der Waals surface area contributed by atoms with Crippen LogP contribution < -0.4 is 0 Å². The summed E-state index contributed by atoms with van der Waals surface area (Å²) in [7, 11) is -3.86. The number of aliphatic hydroxyl groups excluding tert-OH is 1. The van der Waals surface area contributed by atoms with Gasteiger partial charge in [0.15, 0.2) is 0 Å². The molecule has 0 saturated carbocycles. The van der Waals surface area contributed by atoms with Gasteiger partial charge in [0.05, 0.1) is 11.4 Å². The van der Waals surface area contributed by atoms with Crippen molar-refractivity contribution in [3.05, 3.63) is 0 Å². The minimum absolute atomic E-state index is 0.232. The molecule has 0 amide bonds. The first-order valence-electron chi connectivity index (χ1n) is 5.52. The molecule has 0 aliphatic carbocycles. The summed E-state index contributed by atoms with van der Waals surface area (Å²) in [5.41, 5.74) is 0. The van der Waals surface area contributed by atoms with E-state index in [-0.39, 0.29) is 6.10 Å². The van der Waals surface area contributed by atoms with Gasteiger partial charge in [-0.2, -0.15) is 8.42 Å². The van der Waals surface area contributed by atoms with Gasteiger partial charge in [0, 0.05) is 0 Å². The van der Waals surface area contributed by atoms with Crippen LogP contribution in [0.15, 0.2) is 0 Å². The zero-order valence-corrected chi connectivity index (χ0v) is 10.3. The van der Waals surface area contributed by atoms with Gasteiger partial charge < -0.3 is 5.11 Å². The molecule has 15 heavy (non-hydrogen) atoms. The summed E-state index contributed by atoms with van der Waals surface area (Å²) >= 11 is 0. The van der Waals surface area contributed by atoms with Crippen molar-refractivity contribution in [1.82, 2.24) is 0 Å². The second-order valence-corrected chi connectivity index (χ2v) is 5.86. The maximum absolute atomic E-state index is 10.7. The first kappa shape index (κ1) is 14.9. The lowest BCUT2D eigenvalue weighted by molar-refractivity contribution is 0.156. The van der Waals surface area contributed by atoms with Crippen molar-refractivity contribution in [1.29, 1.82) is 0 Å². The maximum Gasteiger partial charge on any atom is 0.267 e. The van der Waals surface area contributed by atoms with E-state index >= 15 is 0 Å². The van der Waals surface area contributed by atoms with E-state index < -0.39 is 15.4 Å². The van der Waals surface area contributed by atoms with Gasteiger partial charge >= 0.3 is 0 Å². The van der Waals surface area contributed by atoms with Crippen LogP contribution in [0.25, 0.3) is 0 Å². The summed E-state index contributed by atoms with van der Waals surface area (Å²) in [5, 5.41) is 8.59. The Kier molecular flexibility index (Phi) is 7.13. The summed E-state index contributed by atoms with van der Waals surface area (Å²) < 4.78 is 30.0. The Bertz CT molecular complexity index is 248. The topological polar surface area (TPSA) is 74.6 Å². The Balaban J connectivity index is 3.48. The van der Waals surface area contributed by atoms with Crippen LogP contribution in [0.3, 0.4) is 0 Å². The van der Waals surface area contributed by atoms with Crippen LogP contribution in [0.4, 0.5) is 0 Å². The van der Waals surface area contributed by atoms with Crippen LogP contribution in [-0.2, 0) is 10.1 Å². The molecule has 4 nitrogen and oxygen atoms in total. The van der Waals surface area contributed by atoms with Gasteiger partial charge in [-0.25, -0.2) is 0 Å². The molecule has 0 saturated heterocycles. The number of rotatable bonds is 8. The Morgan fingerprint density at radius 3 is 2.13 bits per heavy atom. The molecule has 92 valence electrons. The highest BCUT2D eigenvalue weighted by Gasteiger charge is 2.16. The largest absolute Gasteiger partial charge is 0.393 e. The lowest BCUT2D eigenvalue weighted by Gasteiger charge is -2.09. The molecule has 0 fully saturated rings. The Morgan fingerprint density at radius 2 is 1.67 bits per heavy atom. The van der Waals surface area contributed by atoms with E-state index in [0.29, 0.717) is 6.42 Å². The van der Waals surface area contributed by atoms with Gasteiger partial charge in [0.2, 0.25) is 0 Å². The minimum atomic E-state index is -3.86. The molecule has 0 aliphatic rings. The van der Waals surface area contributed by atoms with Crippen molar-refractivity contribution in [3.63, 3.8) is 0 Å². The predicted molar refractivity (Wildman–Crippen MR) is 60.4 cm³/mol. The first-order valence-corrected chi connectivity index (χ1v) is 7.02. The summed E-state index contributed by atoms with van der Waals surface area (Å²) in [6.07, 6.45) is 4.38. The van der Waals surface area contributed by atoms with Gasteiger partial charge in [-0.15, -0.1) is 0 Å². The van der Waals surface area contributed by atoms with E-state index in [1.807, 2.05) is 6.92 Å². The van der Waals surface area contributed by atoms with E-state index in [1.165, 1.54) is 6.92 Å². The fourth-order valence-corrected chi connectivity index (χ4v) is 1.81. The van der Waals surface area contributed by atoms with Crippen molar-refractivity contribution in [3.8, 4) is 0 Å². The molecule has 0 aliphatic heterocycles. The average molecular weight is 238 g/mol. The molecule has 2 N–H and O–H groups in total. The summed E-state index contributed by atoms with van der Waals surface area (Å²) in [5.74, 6) is 0. The third-order valence-corrected chi connectivity index (χ3v) is 3.88. The molecule has 0 spiro atoms. The molecule has 0 radical (unpaired) electrons. The Labute approximate surface area is 92.4 Å². The molecule has 5 heteroatoms. The lowest BCUT2D eigenvalue weighted by atomic mass is 10.1. The van der Waals surface area contributed by atoms with E-state index in [2.05, 4.69) is 0 Å². The smallest absolute Gasteiger partial charge is 0.267 e. The van der Waals surface area contributed by atoms with Gasteiger partial charge in [-0.1, -0.05) is 26.2 Å². The van der Waals surface area contributed by atoms with Crippen LogP contribution in [0.2, 0.25) is 0 Å². The number of hydrogen-bond donors (Lipinski definition) is 2. The fraction of sp³-hybridized carbons (Fsp3) is 1.00. The van der Waals surface area contributed by atoms with E-state index in [4.69, 9.17) is 4.55 Å². The normalized spacial score (nSPS) is 16.3. The van der Waals surface area contributed by atoms with Crippen LogP contribution in [-0.4, -0.2) is 29.4 Å². The van der Waals surface area contributed by atoms with Crippen molar-refractivity contribution < 1.29 is 18.1 Å². The molecule has 2 atom stereocenters. The molecular weight excluding hydrogens is 216 g/mol. The molecule has 2 unspecified atom stereocenters. The highest BCUT2D eigenvalue weighted by Crippen LogP contribution is 2.12. The highest BCUT2D eigenvalue weighted by atomic mass is 32.2. The van der Waals surface area contributed by atoms with Crippen LogP contribution in [0.1, 0.15) is 52.4 Å². The SMILES string of the molecule is CCC(O)CCCCCC(C)S(=O)(=O)O. The monoisotopic (exact) mass is 238 g/mol. The Hall–Kier alpha value is -0.130. The fourth-order valence-electron chi connectivity index (χ4n) is 1.34. The van der Waals surface area contributed by atoms with Crippen LogP contribution >= 0.6 is 0 Å². The van der Waals surface area contributed by atoms with E-state index in [0.717, 1.165) is 32.1 Å². The van der Waals surface area contributed by atoms with Crippen LogP contribution in [0, 0.1) is 0 Å². The third-order valence-electron chi connectivity index (χ3n) is 2.63. The third kappa shape index (κ3) is 7.76. The van der Waals surface area contributed by atoms with Gasteiger partial charge in [-0.05, 0) is 26.2 Å². The second kappa shape index (κ2) is 7.19. The number of aliphatic hydroxyl groups is 1. The summed E-state index contributed by atoms with van der Waals surface area (Å²) in [6, 6.07) is 0. The van der Waals surface area contributed by atoms with Gasteiger partial charge in [0.25, 0.3) is 10.1 Å². The van der Waals surface area contributed by atoms with Crippen molar-refractivity contribution in [2.45, 2.75) is 63.7 Å². The van der Waals surface area contributed by atoms with Crippen molar-refractivity contribution in [2.75, 3.05) is 0 Å². The molecule has 0 aromatic rings. The quantitative estimate of drug-likeness (QED) is 0.501. The molecule has 0 bridgehead atoms. The molecular formula is C10H22O4S. The molecule has 0 heterocycles. The minimum Gasteiger partial charge on any atom is -0.393 e. The Morgan fingerprint density at radius 1 is 1.13 bits per heavy atom. The molecule has 0 rings (SSSR count). The lowest BCUT2D eigenvalue weighted by Crippen LogP contribution is -2.16. The molecule has 0 aromatic heterocycles. The highest BCUT2D eigenvalue weighted by molar-refractivity contribution is 7.86. The second-order valence-electron chi connectivity index (χ2n) is 4.03. The maximum atomic E-state index is 10.7. The standard InChI is InChI=1S/C10H22O4S/c1-3-10(11)8-6-4-5-7-9(2)15(12,13)14/h9-11H,3-8H2,1-2H3,(H,12,13,14). The number of hydrogen-bond acceptors (Lipinski definition) is 3. The summed E-state index contributed by atoms with van der Waals surface area (Å²) in [4.78, 5) is 0. The van der Waals surface area contributed by atoms with Gasteiger partial charge in [-0.3, -0.25) is 4.55 Å². The zero-order chi connectivity index (χ0) is 11.9. The van der Waals surface area contributed by atoms with Crippen LogP contribution in [0.5, 0.6) is 0 Å². The number of unbranched alkanes of at least 4 members (excludes halogenated alkanes) is 2. The molecule has 0 aromatic carbocycles. The summed E-state index contributed by atoms with van der Waals surface area (Å²) in [6.45, 7) is 3.45. The first-order chi connectivity index (χ1) is 6.88. The van der Waals surface area contributed by atoms with Gasteiger partial charge in [0.1, 0.15) is 0 Å².